The van der Waals surface area contributed by atoms with Crippen molar-refractivity contribution in [1.29, 1.82) is 0 Å². The minimum atomic E-state index is -0.879. The van der Waals surface area contributed by atoms with Gasteiger partial charge in [-0.05, 0) is 61.8 Å². The zero-order chi connectivity index (χ0) is 20.0. The number of carbonyl (C=O) groups is 3. The first kappa shape index (κ1) is 19.4. The minimum Gasteiger partial charge on any atom is -0.481 e. The fourth-order valence-corrected chi connectivity index (χ4v) is 7.25. The van der Waals surface area contributed by atoms with Crippen LogP contribution in [0, 0.1) is 29.6 Å². The lowest BCUT2D eigenvalue weighted by Crippen LogP contribution is -2.38. The maximum Gasteiger partial charge on any atom is 0.307 e. The van der Waals surface area contributed by atoms with Gasteiger partial charge in [-0.1, -0.05) is 19.8 Å². The van der Waals surface area contributed by atoms with E-state index in [0.29, 0.717) is 16.5 Å². The van der Waals surface area contributed by atoms with Crippen LogP contribution in [0.3, 0.4) is 0 Å². The number of aliphatic carboxylic acids is 1. The summed E-state index contributed by atoms with van der Waals surface area (Å²) < 4.78 is 0. The molecule has 1 aromatic rings. The van der Waals surface area contributed by atoms with Gasteiger partial charge >= 0.3 is 5.97 Å². The van der Waals surface area contributed by atoms with Gasteiger partial charge in [-0.15, -0.1) is 11.3 Å². The third-order valence-corrected chi connectivity index (χ3v) is 8.22. The predicted octanol–water partition coefficient (Wildman–Crippen LogP) is 3.44. The molecule has 2 fully saturated rings. The molecule has 1 aromatic heterocycles. The van der Waals surface area contributed by atoms with Crippen LogP contribution in [0.25, 0.3) is 0 Å². The largest absolute Gasteiger partial charge is 0.481 e. The number of nitrogens with two attached hydrogens (primary N) is 1. The highest BCUT2D eigenvalue weighted by Gasteiger charge is 2.54. The van der Waals surface area contributed by atoms with E-state index in [9.17, 15) is 19.5 Å². The molecule has 0 spiro atoms. The molecular weight excluding hydrogens is 376 g/mol. The summed E-state index contributed by atoms with van der Waals surface area (Å²) in [7, 11) is 0. The first-order chi connectivity index (χ1) is 13.4. The molecule has 3 aliphatic carbocycles. The molecule has 0 radical (unpaired) electrons. The molecule has 4 N–H and O–H groups in total. The van der Waals surface area contributed by atoms with Gasteiger partial charge in [0.05, 0.1) is 17.4 Å². The lowest BCUT2D eigenvalue weighted by atomic mass is 9.78. The van der Waals surface area contributed by atoms with E-state index >= 15 is 0 Å². The Morgan fingerprint density at radius 2 is 1.89 bits per heavy atom. The normalized spacial score (nSPS) is 30.8. The van der Waals surface area contributed by atoms with Crippen molar-refractivity contribution in [1.82, 2.24) is 0 Å². The number of primary amides is 1. The van der Waals surface area contributed by atoms with Gasteiger partial charge in [0, 0.05) is 4.88 Å². The molecular formula is C21H28N2O4S. The first-order valence-electron chi connectivity index (χ1n) is 10.4. The van der Waals surface area contributed by atoms with Crippen molar-refractivity contribution in [2.24, 2.45) is 35.3 Å². The molecule has 2 bridgehead atoms. The van der Waals surface area contributed by atoms with Gasteiger partial charge in [0.15, 0.2) is 0 Å². The van der Waals surface area contributed by atoms with Gasteiger partial charge in [-0.25, -0.2) is 0 Å². The predicted molar refractivity (Wildman–Crippen MR) is 107 cm³/mol. The van der Waals surface area contributed by atoms with E-state index in [4.69, 9.17) is 5.73 Å². The zero-order valence-electron chi connectivity index (χ0n) is 16.2. The number of carboxylic acid groups (broad SMARTS) is 1. The Morgan fingerprint density at radius 3 is 2.54 bits per heavy atom. The van der Waals surface area contributed by atoms with Gasteiger partial charge < -0.3 is 16.2 Å². The Hall–Kier alpha value is -1.89. The van der Waals surface area contributed by atoms with Crippen LogP contribution in [0.1, 0.15) is 66.2 Å². The number of hydrogen-bond acceptors (Lipinski definition) is 4. The lowest BCUT2D eigenvalue weighted by Gasteiger charge is -2.26. The van der Waals surface area contributed by atoms with E-state index in [1.807, 2.05) is 0 Å². The van der Waals surface area contributed by atoms with E-state index in [2.05, 4.69) is 12.2 Å². The fourth-order valence-electron chi connectivity index (χ4n) is 5.88. The van der Waals surface area contributed by atoms with Crippen LogP contribution in [0.15, 0.2) is 0 Å². The average molecular weight is 405 g/mol. The monoisotopic (exact) mass is 404 g/mol. The SMILES string of the molecule is CCC[C@H]1CCc2c(sc(NC(=O)[C@@H]3[C@@H]4CC[C@H](C4)[C@@H]3C(=O)O)c2C(N)=O)C1. The van der Waals surface area contributed by atoms with Crippen LogP contribution >= 0.6 is 11.3 Å². The molecule has 152 valence electrons. The highest BCUT2D eigenvalue weighted by atomic mass is 32.1. The van der Waals surface area contributed by atoms with Crippen molar-refractivity contribution in [2.45, 2.75) is 58.3 Å². The van der Waals surface area contributed by atoms with Crippen molar-refractivity contribution in [3.63, 3.8) is 0 Å². The van der Waals surface area contributed by atoms with Gasteiger partial charge in [-0.3, -0.25) is 14.4 Å². The first-order valence-corrected chi connectivity index (χ1v) is 11.2. The Labute approximate surface area is 168 Å². The topological polar surface area (TPSA) is 109 Å². The number of hydrogen-bond donors (Lipinski definition) is 3. The summed E-state index contributed by atoms with van der Waals surface area (Å²) in [4.78, 5) is 38.1. The summed E-state index contributed by atoms with van der Waals surface area (Å²) in [6.45, 7) is 2.18. The summed E-state index contributed by atoms with van der Waals surface area (Å²) in [6, 6.07) is 0. The van der Waals surface area contributed by atoms with Crippen molar-refractivity contribution in [3.05, 3.63) is 16.0 Å². The van der Waals surface area contributed by atoms with Crippen LogP contribution in [0.4, 0.5) is 5.00 Å². The minimum absolute atomic E-state index is 0.0974. The molecule has 5 atom stereocenters. The molecule has 2 saturated carbocycles. The summed E-state index contributed by atoms with van der Waals surface area (Å²) in [5.41, 5.74) is 7.10. The van der Waals surface area contributed by atoms with E-state index in [0.717, 1.165) is 61.8 Å². The van der Waals surface area contributed by atoms with E-state index < -0.39 is 23.7 Å². The Kier molecular flexibility index (Phi) is 5.21. The summed E-state index contributed by atoms with van der Waals surface area (Å²) in [5.74, 6) is -1.93. The van der Waals surface area contributed by atoms with Crippen LogP contribution in [-0.2, 0) is 22.4 Å². The maximum absolute atomic E-state index is 13.1. The smallest absolute Gasteiger partial charge is 0.307 e. The van der Waals surface area contributed by atoms with Crippen molar-refractivity contribution in [2.75, 3.05) is 5.32 Å². The van der Waals surface area contributed by atoms with Gasteiger partial charge in [0.1, 0.15) is 5.00 Å². The van der Waals surface area contributed by atoms with Crippen molar-refractivity contribution < 1.29 is 19.5 Å². The number of nitrogens with one attached hydrogen (secondary N) is 1. The second-order valence-electron chi connectivity index (χ2n) is 8.68. The van der Waals surface area contributed by atoms with Crippen molar-refractivity contribution in [3.8, 4) is 0 Å². The summed E-state index contributed by atoms with van der Waals surface area (Å²) in [5, 5.41) is 13.1. The number of fused-ring (bicyclic) bond motifs is 3. The highest BCUT2D eigenvalue weighted by molar-refractivity contribution is 7.17. The molecule has 0 saturated heterocycles. The molecule has 0 aromatic carbocycles. The van der Waals surface area contributed by atoms with Crippen LogP contribution in [0.2, 0.25) is 0 Å². The second-order valence-corrected chi connectivity index (χ2v) is 9.79. The van der Waals surface area contributed by atoms with Crippen LogP contribution in [-0.4, -0.2) is 22.9 Å². The molecule has 2 amide bonds. The molecule has 4 rings (SSSR count). The van der Waals surface area contributed by atoms with Gasteiger partial charge in [0.25, 0.3) is 5.91 Å². The quantitative estimate of drug-likeness (QED) is 0.674. The van der Waals surface area contributed by atoms with E-state index in [1.165, 1.54) is 11.3 Å². The van der Waals surface area contributed by atoms with E-state index in [1.54, 1.807) is 0 Å². The fraction of sp³-hybridized carbons (Fsp3) is 0.667. The number of anilines is 1. The number of thiophene rings is 1. The third kappa shape index (κ3) is 3.23. The Balaban J connectivity index is 1.59. The average Bonchev–Trinajstić information content (AvgIpc) is 3.33. The molecule has 28 heavy (non-hydrogen) atoms. The van der Waals surface area contributed by atoms with Gasteiger partial charge in [0.2, 0.25) is 5.91 Å². The summed E-state index contributed by atoms with van der Waals surface area (Å²) in [6.07, 6.45) is 7.70. The molecule has 6 nitrogen and oxygen atoms in total. The van der Waals surface area contributed by atoms with Crippen LogP contribution in [0.5, 0.6) is 0 Å². The number of carboxylic acids is 1. The highest BCUT2D eigenvalue weighted by Crippen LogP contribution is 2.53. The summed E-state index contributed by atoms with van der Waals surface area (Å²) >= 11 is 1.46. The molecule has 1 heterocycles. The Morgan fingerprint density at radius 1 is 1.18 bits per heavy atom. The third-order valence-electron chi connectivity index (χ3n) is 7.05. The molecule has 0 aliphatic heterocycles. The number of rotatable bonds is 6. The standard InChI is InChI=1S/C21H28N2O4S/c1-2-3-10-4-7-13-14(8-10)28-20(17(13)18(22)24)23-19(25)15-11-5-6-12(9-11)16(15)21(26)27/h10-12,15-16H,2-9H2,1H3,(H2,22,24)(H,23,25)(H,26,27)/t10-,11+,12+,15+,16-/m0/s1. The number of carbonyl (C=O) groups excluding carboxylic acids is 2. The zero-order valence-corrected chi connectivity index (χ0v) is 17.0. The molecule has 0 unspecified atom stereocenters. The van der Waals surface area contributed by atoms with E-state index in [-0.39, 0.29) is 17.7 Å². The van der Waals surface area contributed by atoms with Crippen molar-refractivity contribution >= 4 is 34.1 Å². The van der Waals surface area contributed by atoms with Crippen LogP contribution < -0.4 is 11.1 Å². The molecule has 7 heteroatoms. The number of amides is 2. The Bertz CT molecular complexity index is 818. The maximum atomic E-state index is 13.1. The van der Waals surface area contributed by atoms with Gasteiger partial charge in [-0.2, -0.15) is 0 Å². The molecule has 3 aliphatic rings. The lowest BCUT2D eigenvalue weighted by molar-refractivity contribution is -0.148. The second kappa shape index (κ2) is 7.50.